The standard InChI is InChI=1S/C20H28N4O2.ClH/c1-20(2,3)11-17-23-18(24-26-17)15-7-4-8-16(10-15)19(25)22-13-14-6-5-9-21-12-14;/h4,7-8,10,14,21H,5-6,9,11-13H2,1-3H3,(H,22,25);1H. The molecule has 1 unspecified atom stereocenters. The molecule has 0 radical (unpaired) electrons. The van der Waals surface area contributed by atoms with Crippen molar-refractivity contribution in [2.24, 2.45) is 11.3 Å². The van der Waals surface area contributed by atoms with Crippen molar-refractivity contribution in [2.45, 2.75) is 40.0 Å². The maximum absolute atomic E-state index is 12.5. The largest absolute Gasteiger partial charge is 0.352 e. The predicted molar refractivity (Wildman–Crippen MR) is 108 cm³/mol. The van der Waals surface area contributed by atoms with E-state index in [1.54, 1.807) is 0 Å². The molecule has 2 N–H and O–H groups in total. The third-order valence-corrected chi connectivity index (χ3v) is 4.48. The zero-order valence-electron chi connectivity index (χ0n) is 16.2. The Hall–Kier alpha value is -1.92. The summed E-state index contributed by atoms with van der Waals surface area (Å²) in [5.41, 5.74) is 1.49. The topological polar surface area (TPSA) is 80.0 Å². The summed E-state index contributed by atoms with van der Waals surface area (Å²) in [6, 6.07) is 7.38. The molecule has 0 bridgehead atoms. The number of halogens is 1. The highest BCUT2D eigenvalue weighted by atomic mass is 35.5. The van der Waals surface area contributed by atoms with Gasteiger partial charge in [0.2, 0.25) is 11.7 Å². The van der Waals surface area contributed by atoms with Gasteiger partial charge in [0, 0.05) is 24.1 Å². The Morgan fingerprint density at radius 3 is 2.89 bits per heavy atom. The molecule has 1 saturated heterocycles. The Kier molecular flexibility index (Phi) is 7.39. The molecule has 1 aliphatic rings. The summed E-state index contributed by atoms with van der Waals surface area (Å²) in [5.74, 6) is 1.59. The van der Waals surface area contributed by atoms with E-state index in [4.69, 9.17) is 4.52 Å². The Morgan fingerprint density at radius 2 is 2.19 bits per heavy atom. The van der Waals surface area contributed by atoms with Crippen LogP contribution in [0.15, 0.2) is 28.8 Å². The highest BCUT2D eigenvalue weighted by Gasteiger charge is 2.18. The number of benzene rings is 1. The number of carbonyl (C=O) groups is 1. The van der Waals surface area contributed by atoms with E-state index in [9.17, 15) is 4.79 Å². The summed E-state index contributed by atoms with van der Waals surface area (Å²) in [6.07, 6.45) is 3.05. The summed E-state index contributed by atoms with van der Waals surface area (Å²) >= 11 is 0. The number of amides is 1. The molecular formula is C20H29ClN4O2. The molecule has 27 heavy (non-hydrogen) atoms. The number of hydrogen-bond acceptors (Lipinski definition) is 5. The van der Waals surface area contributed by atoms with E-state index in [1.807, 2.05) is 24.3 Å². The van der Waals surface area contributed by atoms with Crippen molar-refractivity contribution < 1.29 is 9.32 Å². The van der Waals surface area contributed by atoms with Crippen molar-refractivity contribution >= 4 is 18.3 Å². The smallest absolute Gasteiger partial charge is 0.251 e. The first-order chi connectivity index (χ1) is 12.4. The van der Waals surface area contributed by atoms with Crippen molar-refractivity contribution in [1.29, 1.82) is 0 Å². The molecule has 1 aliphatic heterocycles. The van der Waals surface area contributed by atoms with Gasteiger partial charge in [0.15, 0.2) is 0 Å². The van der Waals surface area contributed by atoms with E-state index in [0.717, 1.165) is 31.5 Å². The summed E-state index contributed by atoms with van der Waals surface area (Å²) in [6.45, 7) is 9.14. The zero-order valence-corrected chi connectivity index (χ0v) is 17.1. The second kappa shape index (κ2) is 9.33. The molecular weight excluding hydrogens is 364 g/mol. The predicted octanol–water partition coefficient (Wildman–Crippen LogP) is 3.48. The Bertz CT molecular complexity index is 748. The Morgan fingerprint density at radius 1 is 1.37 bits per heavy atom. The van der Waals surface area contributed by atoms with Gasteiger partial charge in [0.1, 0.15) is 0 Å². The minimum atomic E-state index is -0.0594. The fraction of sp³-hybridized carbons (Fsp3) is 0.550. The molecule has 1 atom stereocenters. The van der Waals surface area contributed by atoms with Gasteiger partial charge in [-0.3, -0.25) is 4.79 Å². The lowest BCUT2D eigenvalue weighted by Crippen LogP contribution is -2.38. The highest BCUT2D eigenvalue weighted by Crippen LogP contribution is 2.22. The first-order valence-electron chi connectivity index (χ1n) is 9.33. The van der Waals surface area contributed by atoms with E-state index in [0.29, 0.717) is 29.7 Å². The van der Waals surface area contributed by atoms with Crippen molar-refractivity contribution in [1.82, 2.24) is 20.8 Å². The lowest BCUT2D eigenvalue weighted by Gasteiger charge is -2.22. The molecule has 1 aromatic carbocycles. The quantitative estimate of drug-likeness (QED) is 0.814. The molecule has 2 heterocycles. The first-order valence-corrected chi connectivity index (χ1v) is 9.33. The second-order valence-corrected chi connectivity index (χ2v) is 8.25. The fourth-order valence-corrected chi connectivity index (χ4v) is 3.13. The summed E-state index contributed by atoms with van der Waals surface area (Å²) in [7, 11) is 0. The fourth-order valence-electron chi connectivity index (χ4n) is 3.13. The van der Waals surface area contributed by atoms with Gasteiger partial charge in [-0.2, -0.15) is 4.98 Å². The van der Waals surface area contributed by atoms with Crippen molar-refractivity contribution in [3.63, 3.8) is 0 Å². The lowest BCUT2D eigenvalue weighted by molar-refractivity contribution is 0.0945. The minimum absolute atomic E-state index is 0. The van der Waals surface area contributed by atoms with Crippen LogP contribution < -0.4 is 10.6 Å². The van der Waals surface area contributed by atoms with Gasteiger partial charge in [-0.05, 0) is 49.4 Å². The monoisotopic (exact) mass is 392 g/mol. The van der Waals surface area contributed by atoms with Crippen LogP contribution in [0, 0.1) is 11.3 Å². The van der Waals surface area contributed by atoms with Crippen LogP contribution in [-0.2, 0) is 6.42 Å². The van der Waals surface area contributed by atoms with Crippen molar-refractivity contribution in [2.75, 3.05) is 19.6 Å². The van der Waals surface area contributed by atoms with Crippen molar-refractivity contribution in [3.05, 3.63) is 35.7 Å². The summed E-state index contributed by atoms with van der Waals surface area (Å²) in [5, 5.41) is 10.5. The average molecular weight is 393 g/mol. The van der Waals surface area contributed by atoms with Gasteiger partial charge >= 0.3 is 0 Å². The molecule has 2 aromatic rings. The number of rotatable bonds is 5. The highest BCUT2D eigenvalue weighted by molar-refractivity contribution is 5.95. The van der Waals surface area contributed by atoms with Gasteiger partial charge in [0.05, 0.1) is 0 Å². The van der Waals surface area contributed by atoms with Crippen LogP contribution in [-0.4, -0.2) is 35.7 Å². The molecule has 148 valence electrons. The number of carbonyl (C=O) groups excluding carboxylic acids is 1. The van der Waals surface area contributed by atoms with Crippen LogP contribution in [0.4, 0.5) is 0 Å². The molecule has 1 aromatic heterocycles. The summed E-state index contributed by atoms with van der Waals surface area (Å²) in [4.78, 5) is 16.9. The normalized spacial score (nSPS) is 17.2. The molecule has 1 fully saturated rings. The van der Waals surface area contributed by atoms with Crippen LogP contribution in [0.2, 0.25) is 0 Å². The minimum Gasteiger partial charge on any atom is -0.352 e. The van der Waals surface area contributed by atoms with E-state index in [1.165, 1.54) is 6.42 Å². The molecule has 1 amide bonds. The SMILES string of the molecule is CC(C)(C)Cc1nc(-c2cccc(C(=O)NCC3CCCNC3)c2)no1.Cl. The van der Waals surface area contributed by atoms with E-state index in [2.05, 4.69) is 41.5 Å². The second-order valence-electron chi connectivity index (χ2n) is 8.25. The molecule has 6 nitrogen and oxygen atoms in total. The maximum atomic E-state index is 12.5. The third kappa shape index (κ3) is 6.33. The van der Waals surface area contributed by atoms with Gasteiger partial charge in [0.25, 0.3) is 5.91 Å². The van der Waals surface area contributed by atoms with Gasteiger partial charge in [-0.15, -0.1) is 12.4 Å². The zero-order chi connectivity index (χ0) is 18.6. The summed E-state index contributed by atoms with van der Waals surface area (Å²) < 4.78 is 5.35. The lowest BCUT2D eigenvalue weighted by atomic mass is 9.92. The Labute approximate surface area is 166 Å². The number of nitrogens with one attached hydrogen (secondary N) is 2. The van der Waals surface area contributed by atoms with Crippen LogP contribution in [0.25, 0.3) is 11.4 Å². The number of aromatic nitrogens is 2. The molecule has 0 spiro atoms. The molecule has 3 rings (SSSR count). The number of piperidine rings is 1. The first kappa shape index (κ1) is 21.4. The van der Waals surface area contributed by atoms with Crippen LogP contribution in [0.1, 0.15) is 49.9 Å². The van der Waals surface area contributed by atoms with E-state index in [-0.39, 0.29) is 23.7 Å². The van der Waals surface area contributed by atoms with E-state index >= 15 is 0 Å². The van der Waals surface area contributed by atoms with Crippen LogP contribution in [0.3, 0.4) is 0 Å². The molecule has 0 saturated carbocycles. The number of hydrogen-bond donors (Lipinski definition) is 2. The van der Waals surface area contributed by atoms with Gasteiger partial charge in [-0.25, -0.2) is 0 Å². The van der Waals surface area contributed by atoms with Gasteiger partial charge < -0.3 is 15.2 Å². The van der Waals surface area contributed by atoms with E-state index < -0.39 is 0 Å². The molecule has 7 heteroatoms. The Balaban J connectivity index is 0.00000261. The van der Waals surface area contributed by atoms with Crippen LogP contribution in [0.5, 0.6) is 0 Å². The van der Waals surface area contributed by atoms with Crippen molar-refractivity contribution in [3.8, 4) is 11.4 Å². The molecule has 0 aliphatic carbocycles. The van der Waals surface area contributed by atoms with Gasteiger partial charge in [-0.1, -0.05) is 38.1 Å². The average Bonchev–Trinajstić information content (AvgIpc) is 3.07. The van der Waals surface area contributed by atoms with Crippen LogP contribution >= 0.6 is 12.4 Å². The number of nitrogens with zero attached hydrogens (tertiary/aromatic N) is 2. The third-order valence-electron chi connectivity index (χ3n) is 4.48. The maximum Gasteiger partial charge on any atom is 0.251 e.